The molecule has 1 N–H and O–H groups in total. The van der Waals surface area contributed by atoms with Crippen molar-refractivity contribution >= 4 is 0 Å². The molecule has 2 atom stereocenters. The van der Waals surface area contributed by atoms with E-state index in [9.17, 15) is 5.11 Å². The molecule has 0 spiro atoms. The Kier molecular flexibility index (Phi) is 4.79. The van der Waals surface area contributed by atoms with Crippen molar-refractivity contribution in [3.8, 4) is 0 Å². The lowest BCUT2D eigenvalue weighted by Crippen LogP contribution is -2.15. The molecule has 2 heteroatoms. The highest BCUT2D eigenvalue weighted by Gasteiger charge is 2.17. The van der Waals surface area contributed by atoms with Crippen LogP contribution in [0.5, 0.6) is 0 Å². The zero-order valence-corrected chi connectivity index (χ0v) is 11.5. The summed E-state index contributed by atoms with van der Waals surface area (Å²) < 4.78 is 5.58. The van der Waals surface area contributed by atoms with Crippen molar-refractivity contribution in [3.05, 3.63) is 34.9 Å². The molecular formula is C16H24O2. The number of rotatable bonds is 5. The van der Waals surface area contributed by atoms with Crippen LogP contribution in [-0.4, -0.2) is 23.9 Å². The molecule has 1 fully saturated rings. The molecular weight excluding hydrogens is 224 g/mol. The molecule has 0 aliphatic carbocycles. The molecule has 1 saturated heterocycles. The Labute approximate surface area is 110 Å². The molecule has 1 aromatic rings. The number of aryl methyl sites for hydroxylation is 2. The lowest BCUT2D eigenvalue weighted by atomic mass is 9.99. The number of ether oxygens (including phenoxy) is 1. The summed E-state index contributed by atoms with van der Waals surface area (Å²) in [4.78, 5) is 0. The predicted octanol–water partition coefficient (Wildman–Crippen LogP) is 3.17. The average Bonchev–Trinajstić information content (AvgIpc) is 2.84. The van der Waals surface area contributed by atoms with Gasteiger partial charge in [0.1, 0.15) is 0 Å². The maximum Gasteiger partial charge on any atom is 0.0581 e. The zero-order chi connectivity index (χ0) is 13.0. The first kappa shape index (κ1) is 13.6. The van der Waals surface area contributed by atoms with Crippen LogP contribution < -0.4 is 0 Å². The quantitative estimate of drug-likeness (QED) is 0.867. The Morgan fingerprint density at radius 3 is 2.83 bits per heavy atom. The first-order valence-electron chi connectivity index (χ1n) is 7.01. The highest BCUT2D eigenvalue weighted by atomic mass is 16.5. The maximum absolute atomic E-state index is 10.1. The van der Waals surface area contributed by atoms with E-state index in [2.05, 4.69) is 32.0 Å². The number of aliphatic hydroxyl groups is 1. The molecule has 1 heterocycles. The minimum atomic E-state index is -0.240. The second-order valence-corrected chi connectivity index (χ2v) is 5.49. The van der Waals surface area contributed by atoms with Crippen molar-refractivity contribution in [1.82, 2.24) is 0 Å². The smallest absolute Gasteiger partial charge is 0.0581 e. The Hall–Kier alpha value is -0.860. The normalized spacial score (nSPS) is 21.2. The number of aliphatic hydroxyl groups excluding tert-OH is 1. The van der Waals surface area contributed by atoms with Crippen molar-refractivity contribution in [1.29, 1.82) is 0 Å². The summed E-state index contributed by atoms with van der Waals surface area (Å²) in [6, 6.07) is 6.44. The van der Waals surface area contributed by atoms with Gasteiger partial charge in [-0.2, -0.15) is 0 Å². The van der Waals surface area contributed by atoms with Gasteiger partial charge in [0.25, 0.3) is 0 Å². The van der Waals surface area contributed by atoms with Gasteiger partial charge >= 0.3 is 0 Å². The summed E-state index contributed by atoms with van der Waals surface area (Å²) in [5, 5.41) is 10.1. The molecule has 2 unspecified atom stereocenters. The van der Waals surface area contributed by atoms with Gasteiger partial charge in [-0.1, -0.05) is 18.2 Å². The summed E-state index contributed by atoms with van der Waals surface area (Å²) in [5.41, 5.74) is 3.85. The van der Waals surface area contributed by atoms with Gasteiger partial charge in [0.05, 0.1) is 12.2 Å². The van der Waals surface area contributed by atoms with Crippen LogP contribution in [0.2, 0.25) is 0 Å². The molecule has 2 rings (SSSR count). The van der Waals surface area contributed by atoms with E-state index >= 15 is 0 Å². The molecule has 0 saturated carbocycles. The van der Waals surface area contributed by atoms with Gasteiger partial charge in [-0.05, 0) is 62.6 Å². The zero-order valence-electron chi connectivity index (χ0n) is 11.5. The Balaban J connectivity index is 1.78. The number of benzene rings is 1. The number of hydrogen-bond donors (Lipinski definition) is 1. The lowest BCUT2D eigenvalue weighted by Gasteiger charge is -2.14. The molecule has 1 aliphatic heterocycles. The van der Waals surface area contributed by atoms with Crippen molar-refractivity contribution in [2.24, 2.45) is 0 Å². The van der Waals surface area contributed by atoms with E-state index in [1.807, 2.05) is 0 Å². The predicted molar refractivity (Wildman–Crippen MR) is 73.8 cm³/mol. The second kappa shape index (κ2) is 6.35. The van der Waals surface area contributed by atoms with Crippen LogP contribution in [0.15, 0.2) is 18.2 Å². The molecule has 2 nitrogen and oxygen atoms in total. The van der Waals surface area contributed by atoms with Crippen molar-refractivity contribution in [2.45, 2.75) is 58.2 Å². The van der Waals surface area contributed by atoms with Gasteiger partial charge in [-0.3, -0.25) is 0 Å². The van der Waals surface area contributed by atoms with E-state index in [0.29, 0.717) is 6.10 Å². The van der Waals surface area contributed by atoms with Crippen LogP contribution in [0.4, 0.5) is 0 Å². The van der Waals surface area contributed by atoms with E-state index in [-0.39, 0.29) is 6.10 Å². The van der Waals surface area contributed by atoms with E-state index < -0.39 is 0 Å². The van der Waals surface area contributed by atoms with Crippen LogP contribution in [-0.2, 0) is 11.2 Å². The summed E-state index contributed by atoms with van der Waals surface area (Å²) >= 11 is 0. The fraction of sp³-hybridized carbons (Fsp3) is 0.625. The molecule has 1 aromatic carbocycles. The van der Waals surface area contributed by atoms with E-state index in [0.717, 1.165) is 32.3 Å². The van der Waals surface area contributed by atoms with Gasteiger partial charge in [-0.15, -0.1) is 0 Å². The number of hydrogen-bond acceptors (Lipinski definition) is 2. The minimum Gasteiger partial charge on any atom is -0.393 e. The Morgan fingerprint density at radius 1 is 1.33 bits per heavy atom. The fourth-order valence-electron chi connectivity index (χ4n) is 2.55. The molecule has 0 aromatic heterocycles. The maximum atomic E-state index is 10.1. The molecule has 100 valence electrons. The van der Waals surface area contributed by atoms with Gasteiger partial charge in [0.15, 0.2) is 0 Å². The average molecular weight is 248 g/mol. The van der Waals surface area contributed by atoms with Crippen LogP contribution >= 0.6 is 0 Å². The van der Waals surface area contributed by atoms with Crippen molar-refractivity contribution in [2.75, 3.05) is 6.61 Å². The lowest BCUT2D eigenvalue weighted by molar-refractivity contribution is 0.0813. The minimum absolute atomic E-state index is 0.240. The van der Waals surface area contributed by atoms with Crippen LogP contribution in [0, 0.1) is 13.8 Å². The Bertz CT molecular complexity index is 381. The summed E-state index contributed by atoms with van der Waals surface area (Å²) in [7, 11) is 0. The van der Waals surface area contributed by atoms with Gasteiger partial charge in [0, 0.05) is 6.61 Å². The first-order valence-corrected chi connectivity index (χ1v) is 7.01. The molecule has 1 aliphatic rings. The fourth-order valence-corrected chi connectivity index (χ4v) is 2.55. The summed E-state index contributed by atoms with van der Waals surface area (Å²) in [5.74, 6) is 0. The van der Waals surface area contributed by atoms with E-state index in [1.54, 1.807) is 0 Å². The third-order valence-electron chi connectivity index (χ3n) is 3.89. The third kappa shape index (κ3) is 3.82. The second-order valence-electron chi connectivity index (χ2n) is 5.49. The molecule has 0 radical (unpaired) electrons. The highest BCUT2D eigenvalue weighted by Crippen LogP contribution is 2.19. The molecule has 0 amide bonds. The monoisotopic (exact) mass is 248 g/mol. The van der Waals surface area contributed by atoms with Crippen molar-refractivity contribution < 1.29 is 9.84 Å². The van der Waals surface area contributed by atoms with E-state index in [4.69, 9.17) is 4.74 Å². The largest absolute Gasteiger partial charge is 0.393 e. The van der Waals surface area contributed by atoms with Crippen LogP contribution in [0.1, 0.15) is 42.4 Å². The van der Waals surface area contributed by atoms with E-state index in [1.165, 1.54) is 23.1 Å². The SMILES string of the molecule is Cc1ccc(CC(O)CCC2CCCO2)cc1C. The standard InChI is InChI=1S/C16H24O2/c1-12-5-6-14(10-13(12)2)11-15(17)7-8-16-4-3-9-18-16/h5-6,10,15-17H,3-4,7-9,11H2,1-2H3. The van der Waals surface area contributed by atoms with Gasteiger partial charge in [-0.25, -0.2) is 0 Å². The van der Waals surface area contributed by atoms with Crippen LogP contribution in [0.25, 0.3) is 0 Å². The van der Waals surface area contributed by atoms with Gasteiger partial charge in [0.2, 0.25) is 0 Å². The summed E-state index contributed by atoms with van der Waals surface area (Å²) in [6.45, 7) is 5.14. The summed E-state index contributed by atoms with van der Waals surface area (Å²) in [6.07, 6.45) is 5.09. The Morgan fingerprint density at radius 2 is 2.17 bits per heavy atom. The highest BCUT2D eigenvalue weighted by molar-refractivity contribution is 5.30. The molecule has 0 bridgehead atoms. The van der Waals surface area contributed by atoms with Crippen molar-refractivity contribution in [3.63, 3.8) is 0 Å². The molecule has 18 heavy (non-hydrogen) atoms. The topological polar surface area (TPSA) is 29.5 Å². The van der Waals surface area contributed by atoms with Gasteiger partial charge < -0.3 is 9.84 Å². The first-order chi connectivity index (χ1) is 8.65. The third-order valence-corrected chi connectivity index (χ3v) is 3.89. The van der Waals surface area contributed by atoms with Crippen LogP contribution in [0.3, 0.4) is 0 Å².